The number of rotatable bonds is 5. The van der Waals surface area contributed by atoms with Crippen LogP contribution < -0.4 is 15.8 Å². The van der Waals surface area contributed by atoms with Crippen molar-refractivity contribution in [3.8, 4) is 5.75 Å². The molecule has 1 fully saturated rings. The Kier molecular flexibility index (Phi) is 4.80. The summed E-state index contributed by atoms with van der Waals surface area (Å²) in [5, 5.41) is 2.90. The predicted molar refractivity (Wildman–Crippen MR) is 75.0 cm³/mol. The minimum atomic E-state index is -0.0148. The molecule has 0 radical (unpaired) electrons. The third-order valence-electron chi connectivity index (χ3n) is 3.57. The molecule has 1 aromatic carbocycles. The van der Waals surface area contributed by atoms with Gasteiger partial charge in [0.25, 0.3) is 0 Å². The van der Waals surface area contributed by atoms with Crippen LogP contribution in [0.4, 0.5) is 0 Å². The van der Waals surface area contributed by atoms with Gasteiger partial charge in [0.2, 0.25) is 5.91 Å². The molecule has 0 bridgehead atoms. The van der Waals surface area contributed by atoms with Gasteiger partial charge < -0.3 is 15.8 Å². The van der Waals surface area contributed by atoms with Gasteiger partial charge in [0.15, 0.2) is 0 Å². The smallest absolute Gasteiger partial charge is 0.224 e. The molecule has 2 atom stereocenters. The number of benzene rings is 1. The molecule has 0 aliphatic heterocycles. The number of nitrogens with two attached hydrogens (primary N) is 1. The van der Waals surface area contributed by atoms with Crippen molar-refractivity contribution in [1.82, 2.24) is 5.32 Å². The molecule has 4 nitrogen and oxygen atoms in total. The van der Waals surface area contributed by atoms with Crippen molar-refractivity contribution in [2.24, 2.45) is 11.7 Å². The molecule has 1 aliphatic carbocycles. The number of amides is 1. The maximum atomic E-state index is 11.9. The first kappa shape index (κ1) is 13.9. The zero-order chi connectivity index (χ0) is 13.7. The Balaban J connectivity index is 1.68. The molecule has 1 saturated carbocycles. The van der Waals surface area contributed by atoms with Crippen LogP contribution in [0.15, 0.2) is 24.3 Å². The molecule has 3 N–H and O–H groups in total. The predicted octanol–water partition coefficient (Wildman–Crippen LogP) is 1.62. The molecule has 0 heterocycles. The topological polar surface area (TPSA) is 64.3 Å². The maximum absolute atomic E-state index is 11.9. The van der Waals surface area contributed by atoms with Crippen LogP contribution in [0.1, 0.15) is 24.8 Å². The van der Waals surface area contributed by atoms with E-state index in [-0.39, 0.29) is 17.9 Å². The van der Waals surface area contributed by atoms with Crippen LogP contribution in [0.2, 0.25) is 0 Å². The van der Waals surface area contributed by atoms with E-state index in [0.717, 1.165) is 25.0 Å². The van der Waals surface area contributed by atoms with Gasteiger partial charge >= 0.3 is 0 Å². The minimum Gasteiger partial charge on any atom is -0.492 e. The lowest BCUT2D eigenvalue weighted by molar-refractivity contribution is -0.125. The van der Waals surface area contributed by atoms with Gasteiger partial charge in [-0.15, -0.1) is 0 Å². The molecular weight excluding hydrogens is 240 g/mol. The highest BCUT2D eigenvalue weighted by Gasteiger charge is 2.29. The summed E-state index contributed by atoms with van der Waals surface area (Å²) in [6.45, 7) is 3.03. The second kappa shape index (κ2) is 6.57. The summed E-state index contributed by atoms with van der Waals surface area (Å²) in [6, 6.07) is 7.91. The summed E-state index contributed by atoms with van der Waals surface area (Å²) in [4.78, 5) is 11.9. The Labute approximate surface area is 114 Å². The number of ether oxygens (including phenoxy) is 1. The molecule has 1 aromatic rings. The summed E-state index contributed by atoms with van der Waals surface area (Å²) in [5.41, 5.74) is 7.06. The molecule has 1 aliphatic rings. The first-order valence-electron chi connectivity index (χ1n) is 6.89. The first-order valence-corrected chi connectivity index (χ1v) is 6.89. The summed E-state index contributed by atoms with van der Waals surface area (Å²) in [5.74, 6) is 0.892. The molecular formula is C15H22N2O2. The molecule has 4 heteroatoms. The van der Waals surface area contributed by atoms with Crippen LogP contribution in [0, 0.1) is 12.8 Å². The van der Waals surface area contributed by atoms with Crippen molar-refractivity contribution in [2.45, 2.75) is 32.2 Å². The lowest BCUT2D eigenvalue weighted by atomic mass is 10.0. The lowest BCUT2D eigenvalue weighted by Crippen LogP contribution is -2.40. The number of carbonyl (C=O) groups is 1. The van der Waals surface area contributed by atoms with E-state index in [4.69, 9.17) is 10.5 Å². The number of nitrogens with one attached hydrogen (secondary N) is 1. The van der Waals surface area contributed by atoms with E-state index in [0.29, 0.717) is 13.2 Å². The Bertz CT molecular complexity index is 434. The second-order valence-corrected chi connectivity index (χ2v) is 5.16. The number of carbonyl (C=O) groups excluding carboxylic acids is 1. The summed E-state index contributed by atoms with van der Waals surface area (Å²) < 4.78 is 5.58. The van der Waals surface area contributed by atoms with Crippen LogP contribution in [-0.2, 0) is 4.79 Å². The summed E-state index contributed by atoms with van der Waals surface area (Å²) in [7, 11) is 0. The Morgan fingerprint density at radius 2 is 2.32 bits per heavy atom. The first-order chi connectivity index (χ1) is 9.16. The zero-order valence-corrected chi connectivity index (χ0v) is 11.4. The largest absolute Gasteiger partial charge is 0.492 e. The Morgan fingerprint density at radius 1 is 1.47 bits per heavy atom. The normalized spacial score (nSPS) is 22.2. The van der Waals surface area contributed by atoms with Gasteiger partial charge in [-0.3, -0.25) is 4.79 Å². The molecule has 0 spiro atoms. The fourth-order valence-electron chi connectivity index (χ4n) is 2.49. The van der Waals surface area contributed by atoms with Crippen LogP contribution in [0.25, 0.3) is 0 Å². The lowest BCUT2D eigenvalue weighted by Gasteiger charge is -2.15. The number of hydrogen-bond donors (Lipinski definition) is 2. The van der Waals surface area contributed by atoms with E-state index in [9.17, 15) is 4.79 Å². The molecule has 0 aromatic heterocycles. The fourth-order valence-corrected chi connectivity index (χ4v) is 2.49. The average molecular weight is 262 g/mol. The Hall–Kier alpha value is -1.55. The third-order valence-corrected chi connectivity index (χ3v) is 3.57. The molecule has 1 amide bonds. The van der Waals surface area contributed by atoms with Crippen LogP contribution in [0.5, 0.6) is 5.75 Å². The van der Waals surface area contributed by atoms with Crippen molar-refractivity contribution in [1.29, 1.82) is 0 Å². The van der Waals surface area contributed by atoms with Gasteiger partial charge in [-0.1, -0.05) is 18.6 Å². The van der Waals surface area contributed by atoms with Gasteiger partial charge in [-0.05, 0) is 37.5 Å². The summed E-state index contributed by atoms with van der Waals surface area (Å²) >= 11 is 0. The highest BCUT2D eigenvalue weighted by Crippen LogP contribution is 2.23. The molecule has 104 valence electrons. The van der Waals surface area contributed by atoms with Gasteiger partial charge in [-0.25, -0.2) is 0 Å². The highest BCUT2D eigenvalue weighted by molar-refractivity contribution is 5.79. The molecule has 2 rings (SSSR count). The van der Waals surface area contributed by atoms with Gasteiger partial charge in [0.05, 0.1) is 12.5 Å². The van der Waals surface area contributed by atoms with Gasteiger partial charge in [0, 0.05) is 6.04 Å². The van der Waals surface area contributed by atoms with Crippen molar-refractivity contribution in [2.75, 3.05) is 13.2 Å². The van der Waals surface area contributed by atoms with E-state index in [1.54, 1.807) is 0 Å². The fraction of sp³-hybridized carbons (Fsp3) is 0.533. The van der Waals surface area contributed by atoms with Crippen LogP contribution in [-0.4, -0.2) is 25.1 Å². The van der Waals surface area contributed by atoms with Crippen molar-refractivity contribution in [3.05, 3.63) is 29.8 Å². The molecule has 2 unspecified atom stereocenters. The number of aryl methyl sites for hydroxylation is 1. The number of hydrogen-bond acceptors (Lipinski definition) is 3. The molecule has 19 heavy (non-hydrogen) atoms. The average Bonchev–Trinajstić information content (AvgIpc) is 2.81. The van der Waals surface area contributed by atoms with E-state index in [2.05, 4.69) is 5.32 Å². The van der Waals surface area contributed by atoms with E-state index >= 15 is 0 Å². The van der Waals surface area contributed by atoms with Crippen LogP contribution >= 0.6 is 0 Å². The van der Waals surface area contributed by atoms with E-state index in [1.165, 1.54) is 5.56 Å². The van der Waals surface area contributed by atoms with E-state index in [1.807, 2.05) is 31.2 Å². The van der Waals surface area contributed by atoms with E-state index < -0.39 is 0 Å². The van der Waals surface area contributed by atoms with Gasteiger partial charge in [0.1, 0.15) is 12.4 Å². The van der Waals surface area contributed by atoms with Crippen molar-refractivity contribution < 1.29 is 9.53 Å². The third kappa shape index (κ3) is 3.96. The monoisotopic (exact) mass is 262 g/mol. The molecule has 0 saturated heterocycles. The summed E-state index contributed by atoms with van der Waals surface area (Å²) in [6.07, 6.45) is 2.92. The maximum Gasteiger partial charge on any atom is 0.224 e. The second-order valence-electron chi connectivity index (χ2n) is 5.16. The Morgan fingerprint density at radius 3 is 3.00 bits per heavy atom. The quantitative estimate of drug-likeness (QED) is 0.792. The minimum absolute atomic E-state index is 0.0148. The standard InChI is InChI=1S/C15H22N2O2/c1-11-4-2-5-12(10-11)19-9-8-17-15(18)13-6-3-7-14(13)16/h2,4-5,10,13-14H,3,6-9,16H2,1H3,(H,17,18). The van der Waals surface area contributed by atoms with Crippen molar-refractivity contribution >= 4 is 5.91 Å². The van der Waals surface area contributed by atoms with Crippen LogP contribution in [0.3, 0.4) is 0 Å². The highest BCUT2D eigenvalue weighted by atomic mass is 16.5. The SMILES string of the molecule is Cc1cccc(OCCNC(=O)C2CCCC2N)c1. The van der Waals surface area contributed by atoms with Gasteiger partial charge in [-0.2, -0.15) is 0 Å². The zero-order valence-electron chi connectivity index (χ0n) is 11.4. The van der Waals surface area contributed by atoms with Crippen molar-refractivity contribution in [3.63, 3.8) is 0 Å².